The summed E-state index contributed by atoms with van der Waals surface area (Å²) in [5.41, 5.74) is 0.615. The summed E-state index contributed by atoms with van der Waals surface area (Å²) in [5, 5.41) is 0. The van der Waals surface area contributed by atoms with Crippen LogP contribution in [0.4, 0.5) is 0 Å². The van der Waals surface area contributed by atoms with Crippen LogP contribution in [0.25, 0.3) is 0 Å². The van der Waals surface area contributed by atoms with Gasteiger partial charge in [0, 0.05) is 6.61 Å². The standard InChI is InChI=1S/C11H18O4/c1-3-13-7-9(2)15-11(12)10-5-4-6-14-8-10/h8-9H,3-7H2,1-2H3. The van der Waals surface area contributed by atoms with Gasteiger partial charge in [0.15, 0.2) is 0 Å². The predicted molar refractivity (Wildman–Crippen MR) is 55.3 cm³/mol. The van der Waals surface area contributed by atoms with Crippen molar-refractivity contribution in [2.24, 2.45) is 0 Å². The molecule has 86 valence electrons. The molecule has 1 rings (SSSR count). The summed E-state index contributed by atoms with van der Waals surface area (Å²) >= 11 is 0. The van der Waals surface area contributed by atoms with E-state index in [1.165, 1.54) is 6.26 Å². The van der Waals surface area contributed by atoms with Crippen LogP contribution >= 0.6 is 0 Å². The van der Waals surface area contributed by atoms with Gasteiger partial charge >= 0.3 is 5.97 Å². The SMILES string of the molecule is CCOCC(C)OC(=O)C1=COCCC1. The largest absolute Gasteiger partial charge is 0.501 e. The highest BCUT2D eigenvalue weighted by Crippen LogP contribution is 2.14. The normalized spacial score (nSPS) is 17.6. The third kappa shape index (κ3) is 4.34. The Kier molecular flexibility index (Phi) is 5.18. The summed E-state index contributed by atoms with van der Waals surface area (Å²) < 4.78 is 15.4. The number of carbonyl (C=O) groups is 1. The second-order valence-corrected chi connectivity index (χ2v) is 3.49. The molecule has 0 aromatic heterocycles. The van der Waals surface area contributed by atoms with Gasteiger partial charge in [0.25, 0.3) is 0 Å². The zero-order valence-electron chi connectivity index (χ0n) is 9.32. The molecule has 1 aliphatic heterocycles. The molecule has 15 heavy (non-hydrogen) atoms. The highest BCUT2D eigenvalue weighted by atomic mass is 16.6. The molecular formula is C11H18O4. The molecule has 0 aliphatic carbocycles. The number of rotatable bonds is 5. The van der Waals surface area contributed by atoms with Crippen LogP contribution in [-0.2, 0) is 19.0 Å². The van der Waals surface area contributed by atoms with E-state index in [9.17, 15) is 4.79 Å². The first-order chi connectivity index (χ1) is 7.24. The van der Waals surface area contributed by atoms with Gasteiger partial charge in [-0.05, 0) is 26.7 Å². The molecule has 0 spiro atoms. The number of ether oxygens (including phenoxy) is 3. The van der Waals surface area contributed by atoms with E-state index >= 15 is 0 Å². The van der Waals surface area contributed by atoms with E-state index in [0.29, 0.717) is 25.4 Å². The Morgan fingerprint density at radius 2 is 2.47 bits per heavy atom. The summed E-state index contributed by atoms with van der Waals surface area (Å²) in [6.07, 6.45) is 2.90. The molecule has 0 fully saturated rings. The Morgan fingerprint density at radius 1 is 1.67 bits per heavy atom. The van der Waals surface area contributed by atoms with Crippen LogP contribution in [0.2, 0.25) is 0 Å². The minimum atomic E-state index is -0.290. The van der Waals surface area contributed by atoms with Gasteiger partial charge < -0.3 is 14.2 Å². The Morgan fingerprint density at radius 3 is 3.07 bits per heavy atom. The van der Waals surface area contributed by atoms with E-state index in [0.717, 1.165) is 12.8 Å². The first-order valence-corrected chi connectivity index (χ1v) is 5.33. The van der Waals surface area contributed by atoms with Gasteiger partial charge in [-0.15, -0.1) is 0 Å². The lowest BCUT2D eigenvalue weighted by atomic mass is 10.1. The molecule has 0 aromatic rings. The van der Waals surface area contributed by atoms with Crippen LogP contribution in [0.1, 0.15) is 26.7 Å². The van der Waals surface area contributed by atoms with Crippen molar-refractivity contribution in [1.82, 2.24) is 0 Å². The molecule has 4 nitrogen and oxygen atoms in total. The fourth-order valence-corrected chi connectivity index (χ4v) is 1.29. The van der Waals surface area contributed by atoms with Crippen molar-refractivity contribution in [2.75, 3.05) is 19.8 Å². The van der Waals surface area contributed by atoms with Crippen molar-refractivity contribution in [3.05, 3.63) is 11.8 Å². The lowest BCUT2D eigenvalue weighted by Crippen LogP contribution is -2.22. The topological polar surface area (TPSA) is 44.8 Å². The Hall–Kier alpha value is -1.03. The number of esters is 1. The Bertz CT molecular complexity index is 235. The second kappa shape index (κ2) is 6.45. The van der Waals surface area contributed by atoms with Gasteiger partial charge in [0.05, 0.1) is 25.0 Å². The quantitative estimate of drug-likeness (QED) is 0.653. The van der Waals surface area contributed by atoms with Gasteiger partial charge in [-0.2, -0.15) is 0 Å². The summed E-state index contributed by atoms with van der Waals surface area (Å²) in [7, 11) is 0. The molecule has 1 atom stereocenters. The predicted octanol–water partition coefficient (Wildman–Crippen LogP) is 1.65. The first-order valence-electron chi connectivity index (χ1n) is 5.33. The molecule has 0 bridgehead atoms. The number of carbonyl (C=O) groups excluding carboxylic acids is 1. The fraction of sp³-hybridized carbons (Fsp3) is 0.727. The molecule has 0 saturated heterocycles. The van der Waals surface area contributed by atoms with Crippen molar-refractivity contribution in [2.45, 2.75) is 32.8 Å². The molecule has 1 heterocycles. The van der Waals surface area contributed by atoms with E-state index in [1.807, 2.05) is 13.8 Å². The third-order valence-electron chi connectivity index (χ3n) is 2.06. The minimum Gasteiger partial charge on any atom is -0.501 e. The first kappa shape index (κ1) is 12.0. The fourth-order valence-electron chi connectivity index (χ4n) is 1.29. The number of hydrogen-bond donors (Lipinski definition) is 0. The van der Waals surface area contributed by atoms with Gasteiger partial charge in [-0.1, -0.05) is 0 Å². The summed E-state index contributed by atoms with van der Waals surface area (Å²) in [5.74, 6) is -0.290. The molecule has 1 aliphatic rings. The highest BCUT2D eigenvalue weighted by molar-refractivity contribution is 5.88. The van der Waals surface area contributed by atoms with Gasteiger partial charge in [-0.3, -0.25) is 0 Å². The van der Waals surface area contributed by atoms with Gasteiger partial charge in [0.2, 0.25) is 0 Å². The maximum Gasteiger partial charge on any atom is 0.337 e. The summed E-state index contributed by atoms with van der Waals surface area (Å²) in [4.78, 5) is 11.5. The minimum absolute atomic E-state index is 0.208. The molecule has 4 heteroatoms. The molecule has 1 unspecified atom stereocenters. The Balaban J connectivity index is 2.30. The lowest BCUT2D eigenvalue weighted by Gasteiger charge is -2.16. The van der Waals surface area contributed by atoms with Crippen molar-refractivity contribution in [3.63, 3.8) is 0 Å². The average Bonchev–Trinajstić information content (AvgIpc) is 2.27. The monoisotopic (exact) mass is 214 g/mol. The van der Waals surface area contributed by atoms with Crippen molar-refractivity contribution in [1.29, 1.82) is 0 Å². The van der Waals surface area contributed by atoms with E-state index in [2.05, 4.69) is 0 Å². The molecule has 0 amide bonds. The smallest absolute Gasteiger partial charge is 0.337 e. The van der Waals surface area contributed by atoms with Gasteiger partial charge in [0.1, 0.15) is 6.10 Å². The molecule has 0 radical (unpaired) electrons. The zero-order chi connectivity index (χ0) is 11.1. The molecular weight excluding hydrogens is 196 g/mol. The van der Waals surface area contributed by atoms with Crippen molar-refractivity contribution >= 4 is 5.97 Å². The molecule has 0 N–H and O–H groups in total. The zero-order valence-corrected chi connectivity index (χ0v) is 9.32. The van der Waals surface area contributed by atoms with Crippen LogP contribution in [0.5, 0.6) is 0 Å². The maximum atomic E-state index is 11.5. The maximum absolute atomic E-state index is 11.5. The highest BCUT2D eigenvalue weighted by Gasteiger charge is 2.17. The Labute approximate surface area is 90.2 Å². The van der Waals surface area contributed by atoms with Crippen LogP contribution < -0.4 is 0 Å². The lowest BCUT2D eigenvalue weighted by molar-refractivity contribution is -0.146. The molecule has 0 aromatic carbocycles. The van der Waals surface area contributed by atoms with E-state index in [-0.39, 0.29) is 12.1 Å². The summed E-state index contributed by atoms with van der Waals surface area (Å²) in [6.45, 7) is 5.49. The average molecular weight is 214 g/mol. The van der Waals surface area contributed by atoms with Crippen LogP contribution in [0.15, 0.2) is 11.8 Å². The second-order valence-electron chi connectivity index (χ2n) is 3.49. The van der Waals surface area contributed by atoms with Crippen molar-refractivity contribution < 1.29 is 19.0 Å². The summed E-state index contributed by atoms with van der Waals surface area (Å²) in [6, 6.07) is 0. The third-order valence-corrected chi connectivity index (χ3v) is 2.06. The van der Waals surface area contributed by atoms with E-state index < -0.39 is 0 Å². The number of hydrogen-bond acceptors (Lipinski definition) is 4. The van der Waals surface area contributed by atoms with Crippen LogP contribution in [0.3, 0.4) is 0 Å². The van der Waals surface area contributed by atoms with E-state index in [1.54, 1.807) is 0 Å². The molecule has 0 saturated carbocycles. The van der Waals surface area contributed by atoms with Crippen molar-refractivity contribution in [3.8, 4) is 0 Å². The van der Waals surface area contributed by atoms with E-state index in [4.69, 9.17) is 14.2 Å². The van der Waals surface area contributed by atoms with Crippen LogP contribution in [0, 0.1) is 0 Å². The van der Waals surface area contributed by atoms with Crippen LogP contribution in [-0.4, -0.2) is 31.9 Å². The van der Waals surface area contributed by atoms with Gasteiger partial charge in [-0.25, -0.2) is 4.79 Å².